The number of carboxylic acid groups (broad SMARTS) is 1. The van der Waals surface area contributed by atoms with E-state index in [1.54, 1.807) is 0 Å². The molecule has 0 saturated carbocycles. The predicted octanol–water partition coefficient (Wildman–Crippen LogP) is 2.93. The summed E-state index contributed by atoms with van der Waals surface area (Å²) < 4.78 is 10.7. The number of rotatable bonds is 6. The minimum absolute atomic E-state index is 0.0925. The van der Waals surface area contributed by atoms with E-state index < -0.39 is 18.1 Å². The Kier molecular flexibility index (Phi) is 5.73. The molecule has 1 aliphatic rings. The number of fused-ring (bicyclic) bond motifs is 1. The van der Waals surface area contributed by atoms with E-state index in [0.717, 1.165) is 35.3 Å². The first-order valence-corrected chi connectivity index (χ1v) is 8.56. The first-order valence-electron chi connectivity index (χ1n) is 8.56. The Morgan fingerprint density at radius 3 is 2.73 bits per heavy atom. The molecule has 3 rings (SSSR count). The van der Waals surface area contributed by atoms with Crippen molar-refractivity contribution in [2.45, 2.75) is 31.9 Å². The number of aryl methyl sites for hydroxylation is 1. The van der Waals surface area contributed by atoms with Crippen LogP contribution >= 0.6 is 0 Å². The van der Waals surface area contributed by atoms with Crippen molar-refractivity contribution in [2.24, 2.45) is 0 Å². The van der Waals surface area contributed by atoms with Gasteiger partial charge in [-0.1, -0.05) is 42.5 Å². The van der Waals surface area contributed by atoms with Crippen molar-refractivity contribution in [1.29, 1.82) is 0 Å². The van der Waals surface area contributed by atoms with Crippen molar-refractivity contribution in [1.82, 2.24) is 5.32 Å². The lowest BCUT2D eigenvalue weighted by Crippen LogP contribution is -2.42. The maximum absolute atomic E-state index is 11.9. The monoisotopic (exact) mass is 355 g/mol. The van der Waals surface area contributed by atoms with Gasteiger partial charge in [0.05, 0.1) is 6.61 Å². The second-order valence-electron chi connectivity index (χ2n) is 6.20. The lowest BCUT2D eigenvalue weighted by atomic mass is 9.99. The molecule has 1 amide bonds. The molecule has 6 heteroatoms. The summed E-state index contributed by atoms with van der Waals surface area (Å²) in [5.41, 5.74) is 2.75. The number of carbonyl (C=O) groups excluding carboxylic acids is 1. The van der Waals surface area contributed by atoms with E-state index in [1.807, 2.05) is 48.5 Å². The van der Waals surface area contributed by atoms with Crippen LogP contribution in [-0.4, -0.2) is 29.8 Å². The molecule has 2 aromatic carbocycles. The van der Waals surface area contributed by atoms with E-state index in [1.165, 1.54) is 0 Å². The van der Waals surface area contributed by atoms with Gasteiger partial charge in [-0.2, -0.15) is 0 Å². The molecule has 2 N–H and O–H groups in total. The van der Waals surface area contributed by atoms with E-state index in [-0.39, 0.29) is 13.0 Å². The minimum Gasteiger partial charge on any atom is -0.493 e. The van der Waals surface area contributed by atoms with E-state index >= 15 is 0 Å². The largest absolute Gasteiger partial charge is 0.493 e. The highest BCUT2D eigenvalue weighted by Crippen LogP contribution is 2.26. The standard InChI is InChI=1S/C20H21NO5/c22-19(23)17(21-20(24)26-13-14-5-2-1-3-6-14)12-15-8-9-18-16(11-15)7-4-10-25-18/h1-3,5-6,8-9,11,17H,4,7,10,12-13H2,(H,21,24)(H,22,23)/t17-/m1/s1. The van der Waals surface area contributed by atoms with Crippen LogP contribution < -0.4 is 10.1 Å². The zero-order valence-corrected chi connectivity index (χ0v) is 14.3. The molecule has 2 aromatic rings. The summed E-state index contributed by atoms with van der Waals surface area (Å²) in [6.45, 7) is 0.800. The summed E-state index contributed by atoms with van der Waals surface area (Å²) in [5.74, 6) is -0.252. The molecule has 1 aliphatic heterocycles. The van der Waals surface area contributed by atoms with Gasteiger partial charge in [0.25, 0.3) is 0 Å². The Hall–Kier alpha value is -3.02. The molecule has 136 valence electrons. The van der Waals surface area contributed by atoms with Gasteiger partial charge in [0, 0.05) is 6.42 Å². The van der Waals surface area contributed by atoms with Crippen LogP contribution in [0.3, 0.4) is 0 Å². The van der Waals surface area contributed by atoms with Crippen LogP contribution in [0.1, 0.15) is 23.1 Å². The molecule has 6 nitrogen and oxygen atoms in total. The lowest BCUT2D eigenvalue weighted by Gasteiger charge is -2.19. The van der Waals surface area contributed by atoms with Gasteiger partial charge < -0.3 is 19.9 Å². The van der Waals surface area contributed by atoms with Gasteiger partial charge in [0.1, 0.15) is 18.4 Å². The first-order chi connectivity index (χ1) is 12.6. The Bertz CT molecular complexity index is 775. The number of hydrogen-bond donors (Lipinski definition) is 2. The van der Waals surface area contributed by atoms with Crippen LogP contribution in [0.5, 0.6) is 5.75 Å². The summed E-state index contributed by atoms with van der Waals surface area (Å²) in [7, 11) is 0. The number of alkyl carbamates (subject to hydrolysis) is 1. The molecule has 0 bridgehead atoms. The smallest absolute Gasteiger partial charge is 0.408 e. The van der Waals surface area contributed by atoms with Crippen LogP contribution in [0.4, 0.5) is 4.79 Å². The molecule has 0 aromatic heterocycles. The second-order valence-corrected chi connectivity index (χ2v) is 6.20. The van der Waals surface area contributed by atoms with Crippen molar-refractivity contribution in [3.8, 4) is 5.75 Å². The summed E-state index contributed by atoms with van der Waals surface area (Å²) >= 11 is 0. The van der Waals surface area contributed by atoms with Crippen LogP contribution in [0.15, 0.2) is 48.5 Å². The zero-order chi connectivity index (χ0) is 18.4. The van der Waals surface area contributed by atoms with E-state index in [0.29, 0.717) is 6.61 Å². The van der Waals surface area contributed by atoms with Crippen LogP contribution in [-0.2, 0) is 29.0 Å². The van der Waals surface area contributed by atoms with Gasteiger partial charge in [0.2, 0.25) is 0 Å². The van der Waals surface area contributed by atoms with Gasteiger partial charge in [0.15, 0.2) is 0 Å². The molecule has 1 heterocycles. The fraction of sp³-hybridized carbons (Fsp3) is 0.300. The number of nitrogens with one attached hydrogen (secondary N) is 1. The molecule has 1 atom stereocenters. The maximum atomic E-state index is 11.9. The van der Waals surface area contributed by atoms with Gasteiger partial charge >= 0.3 is 12.1 Å². The number of benzene rings is 2. The van der Waals surface area contributed by atoms with Gasteiger partial charge in [-0.05, 0) is 35.6 Å². The van der Waals surface area contributed by atoms with Crippen molar-refractivity contribution >= 4 is 12.1 Å². The molecule has 0 radical (unpaired) electrons. The summed E-state index contributed by atoms with van der Waals surface area (Å²) in [5, 5.41) is 11.8. The number of aliphatic carboxylic acids is 1. The first kappa shape index (κ1) is 17.8. The van der Waals surface area contributed by atoms with Crippen molar-refractivity contribution in [2.75, 3.05) is 6.61 Å². The van der Waals surface area contributed by atoms with Crippen molar-refractivity contribution in [3.63, 3.8) is 0 Å². The maximum Gasteiger partial charge on any atom is 0.408 e. The van der Waals surface area contributed by atoms with Crippen LogP contribution in [0.2, 0.25) is 0 Å². The number of carboxylic acids is 1. The normalized spacial score (nSPS) is 13.8. The third-order valence-electron chi connectivity index (χ3n) is 4.22. The number of ether oxygens (including phenoxy) is 2. The summed E-state index contributed by atoms with van der Waals surface area (Å²) in [6.07, 6.45) is 1.29. The van der Waals surface area contributed by atoms with Crippen LogP contribution in [0.25, 0.3) is 0 Å². The van der Waals surface area contributed by atoms with Crippen molar-refractivity contribution < 1.29 is 24.2 Å². The van der Waals surface area contributed by atoms with E-state index in [4.69, 9.17) is 9.47 Å². The lowest BCUT2D eigenvalue weighted by molar-refractivity contribution is -0.139. The molecule has 0 spiro atoms. The Morgan fingerprint density at radius 2 is 1.96 bits per heavy atom. The molecule has 0 saturated heterocycles. The highest BCUT2D eigenvalue weighted by molar-refractivity contribution is 5.80. The zero-order valence-electron chi connectivity index (χ0n) is 14.3. The summed E-state index contributed by atoms with van der Waals surface area (Å²) in [6, 6.07) is 13.8. The highest BCUT2D eigenvalue weighted by Gasteiger charge is 2.22. The highest BCUT2D eigenvalue weighted by atomic mass is 16.5. The van der Waals surface area contributed by atoms with Gasteiger partial charge in [-0.15, -0.1) is 0 Å². The topological polar surface area (TPSA) is 84.9 Å². The molecule has 26 heavy (non-hydrogen) atoms. The van der Waals surface area contributed by atoms with Gasteiger partial charge in [-0.3, -0.25) is 0 Å². The fourth-order valence-electron chi connectivity index (χ4n) is 2.88. The second kappa shape index (κ2) is 8.38. The molecular weight excluding hydrogens is 334 g/mol. The average molecular weight is 355 g/mol. The Labute approximate surface area is 151 Å². The average Bonchev–Trinajstić information content (AvgIpc) is 2.66. The molecule has 0 aliphatic carbocycles. The fourth-order valence-corrected chi connectivity index (χ4v) is 2.88. The number of amides is 1. The quantitative estimate of drug-likeness (QED) is 0.832. The summed E-state index contributed by atoms with van der Waals surface area (Å²) in [4.78, 5) is 23.4. The van der Waals surface area contributed by atoms with Gasteiger partial charge in [-0.25, -0.2) is 9.59 Å². The third-order valence-corrected chi connectivity index (χ3v) is 4.22. The minimum atomic E-state index is -1.10. The molecular formula is C20H21NO5. The van der Waals surface area contributed by atoms with E-state index in [9.17, 15) is 14.7 Å². The Morgan fingerprint density at radius 1 is 1.15 bits per heavy atom. The molecule has 0 unspecified atom stereocenters. The number of hydrogen-bond acceptors (Lipinski definition) is 4. The van der Waals surface area contributed by atoms with Crippen LogP contribution in [0, 0.1) is 0 Å². The predicted molar refractivity (Wildman–Crippen MR) is 95.1 cm³/mol. The van der Waals surface area contributed by atoms with E-state index in [2.05, 4.69) is 5.32 Å². The SMILES string of the molecule is O=C(N[C@H](Cc1ccc2c(c1)CCCO2)C(=O)O)OCc1ccccc1. The Balaban J connectivity index is 1.58. The van der Waals surface area contributed by atoms with Crippen molar-refractivity contribution in [3.05, 3.63) is 65.2 Å². The molecule has 0 fully saturated rings. The number of carbonyl (C=O) groups is 2. The third kappa shape index (κ3) is 4.75.